The lowest BCUT2D eigenvalue weighted by Crippen LogP contribution is -2.39. The Morgan fingerprint density at radius 2 is 2.11 bits per heavy atom. The van der Waals surface area contributed by atoms with Crippen LogP contribution in [0.4, 0.5) is 0 Å². The molecule has 1 aliphatic heterocycles. The van der Waals surface area contributed by atoms with E-state index in [4.69, 9.17) is 11.6 Å². The molecule has 1 aliphatic rings. The molecule has 1 atom stereocenters. The SMILES string of the molecule is Cc1ncc(S(=O)(=O)N2CCC(C(C)Cl)CC2)s1. The van der Waals surface area contributed by atoms with Crippen LogP contribution in [0.5, 0.6) is 0 Å². The lowest BCUT2D eigenvalue weighted by atomic mass is 9.95. The second-order valence-corrected chi connectivity index (χ2v) is 8.71. The Hall–Kier alpha value is -0.170. The molecule has 1 fully saturated rings. The van der Waals surface area contributed by atoms with Crippen LogP contribution in [0.3, 0.4) is 0 Å². The van der Waals surface area contributed by atoms with E-state index in [0.29, 0.717) is 23.2 Å². The van der Waals surface area contributed by atoms with E-state index in [1.54, 1.807) is 4.31 Å². The number of nitrogens with zero attached hydrogens (tertiary/aromatic N) is 2. The van der Waals surface area contributed by atoms with E-state index in [2.05, 4.69) is 4.98 Å². The fraction of sp³-hybridized carbons (Fsp3) is 0.727. The summed E-state index contributed by atoms with van der Waals surface area (Å²) in [6.45, 7) is 4.90. The van der Waals surface area contributed by atoms with Gasteiger partial charge >= 0.3 is 0 Å². The molecule has 0 bridgehead atoms. The maximum atomic E-state index is 12.3. The molecule has 1 unspecified atom stereocenters. The van der Waals surface area contributed by atoms with Gasteiger partial charge in [-0.15, -0.1) is 22.9 Å². The first-order valence-electron chi connectivity index (χ1n) is 5.98. The van der Waals surface area contributed by atoms with E-state index in [1.165, 1.54) is 17.5 Å². The zero-order valence-electron chi connectivity index (χ0n) is 10.5. The smallest absolute Gasteiger partial charge is 0.249 e. The van der Waals surface area contributed by atoms with Gasteiger partial charge in [0.1, 0.15) is 0 Å². The minimum atomic E-state index is -3.34. The zero-order chi connectivity index (χ0) is 13.3. The molecule has 2 heterocycles. The van der Waals surface area contributed by atoms with Crippen molar-refractivity contribution in [1.82, 2.24) is 9.29 Å². The molecule has 0 spiro atoms. The predicted molar refractivity (Wildman–Crippen MR) is 73.6 cm³/mol. The monoisotopic (exact) mass is 308 g/mol. The molecular formula is C11H17ClN2O2S2. The number of hydrogen-bond acceptors (Lipinski definition) is 4. The summed E-state index contributed by atoms with van der Waals surface area (Å²) >= 11 is 7.29. The highest BCUT2D eigenvalue weighted by Crippen LogP contribution is 2.29. The number of hydrogen-bond donors (Lipinski definition) is 0. The van der Waals surface area contributed by atoms with Crippen molar-refractivity contribution in [3.63, 3.8) is 0 Å². The molecule has 0 saturated carbocycles. The standard InChI is InChI=1S/C11H17ClN2O2S2/c1-8(12)10-3-5-14(6-4-10)18(15,16)11-7-13-9(2)17-11/h7-8,10H,3-6H2,1-2H3. The zero-order valence-corrected chi connectivity index (χ0v) is 12.9. The Labute approximate surface area is 117 Å². The number of sulfonamides is 1. The number of thiazole rings is 1. The summed E-state index contributed by atoms with van der Waals surface area (Å²) in [5, 5.41) is 0.887. The van der Waals surface area contributed by atoms with Crippen LogP contribution in [0.1, 0.15) is 24.8 Å². The van der Waals surface area contributed by atoms with Crippen molar-refractivity contribution >= 4 is 33.0 Å². The van der Waals surface area contributed by atoms with Crippen LogP contribution in [0.15, 0.2) is 10.4 Å². The fourth-order valence-electron chi connectivity index (χ4n) is 2.16. The average Bonchev–Trinajstić information content (AvgIpc) is 2.76. The molecular weight excluding hydrogens is 292 g/mol. The maximum absolute atomic E-state index is 12.3. The number of piperidine rings is 1. The van der Waals surface area contributed by atoms with Gasteiger partial charge in [0.2, 0.25) is 0 Å². The number of aryl methyl sites for hydroxylation is 1. The maximum Gasteiger partial charge on any atom is 0.254 e. The topological polar surface area (TPSA) is 50.3 Å². The van der Waals surface area contributed by atoms with Crippen LogP contribution < -0.4 is 0 Å². The molecule has 7 heteroatoms. The molecule has 0 N–H and O–H groups in total. The summed E-state index contributed by atoms with van der Waals surface area (Å²) in [7, 11) is -3.34. The van der Waals surface area contributed by atoms with Crippen molar-refractivity contribution in [2.45, 2.75) is 36.3 Å². The lowest BCUT2D eigenvalue weighted by molar-refractivity contribution is 0.272. The van der Waals surface area contributed by atoms with Crippen LogP contribution in [0, 0.1) is 12.8 Å². The first-order valence-corrected chi connectivity index (χ1v) is 8.67. The largest absolute Gasteiger partial charge is 0.254 e. The van der Waals surface area contributed by atoms with Gasteiger partial charge in [-0.25, -0.2) is 13.4 Å². The van der Waals surface area contributed by atoms with Gasteiger partial charge in [-0.1, -0.05) is 0 Å². The number of rotatable bonds is 3. The molecule has 0 amide bonds. The summed E-state index contributed by atoms with van der Waals surface area (Å²) in [5.41, 5.74) is 0. The van der Waals surface area contributed by atoms with E-state index in [0.717, 1.165) is 17.8 Å². The molecule has 0 aliphatic carbocycles. The highest BCUT2D eigenvalue weighted by atomic mass is 35.5. The second-order valence-electron chi connectivity index (χ2n) is 4.62. The lowest BCUT2D eigenvalue weighted by Gasteiger charge is -2.31. The van der Waals surface area contributed by atoms with Gasteiger partial charge in [-0.3, -0.25) is 0 Å². The summed E-state index contributed by atoms with van der Waals surface area (Å²) in [4.78, 5) is 4.01. The number of alkyl halides is 1. The van der Waals surface area contributed by atoms with Gasteiger partial charge in [0.15, 0.2) is 4.21 Å². The van der Waals surface area contributed by atoms with E-state index >= 15 is 0 Å². The van der Waals surface area contributed by atoms with Gasteiger partial charge in [0, 0.05) is 18.5 Å². The first-order chi connectivity index (χ1) is 8.41. The third-order valence-electron chi connectivity index (χ3n) is 3.34. The number of halogens is 1. The molecule has 18 heavy (non-hydrogen) atoms. The van der Waals surface area contributed by atoms with Crippen molar-refractivity contribution < 1.29 is 8.42 Å². The molecule has 0 radical (unpaired) electrons. The molecule has 2 rings (SSSR count). The normalized spacial score (nSPS) is 21.1. The summed E-state index contributed by atoms with van der Waals surface area (Å²) in [5.74, 6) is 0.418. The third kappa shape index (κ3) is 2.87. The van der Waals surface area contributed by atoms with Gasteiger partial charge in [0.25, 0.3) is 10.0 Å². The van der Waals surface area contributed by atoms with Gasteiger partial charge in [-0.2, -0.15) is 4.31 Å². The quantitative estimate of drug-likeness (QED) is 0.806. The molecule has 4 nitrogen and oxygen atoms in total. The minimum absolute atomic E-state index is 0.112. The van der Waals surface area contributed by atoms with E-state index in [-0.39, 0.29) is 5.38 Å². The Bertz CT molecular complexity index is 505. The summed E-state index contributed by atoms with van der Waals surface area (Å²) in [6, 6.07) is 0. The van der Waals surface area contributed by atoms with Crippen LogP contribution in [-0.2, 0) is 10.0 Å². The number of aromatic nitrogens is 1. The molecule has 102 valence electrons. The third-order valence-corrected chi connectivity index (χ3v) is 6.95. The van der Waals surface area contributed by atoms with Crippen LogP contribution in [0.25, 0.3) is 0 Å². The van der Waals surface area contributed by atoms with Crippen molar-refractivity contribution in [2.24, 2.45) is 5.92 Å². The second kappa shape index (κ2) is 5.45. The van der Waals surface area contributed by atoms with Gasteiger partial charge in [0.05, 0.1) is 11.2 Å². The van der Waals surface area contributed by atoms with Gasteiger partial charge in [-0.05, 0) is 32.6 Å². The van der Waals surface area contributed by atoms with E-state index < -0.39 is 10.0 Å². The van der Waals surface area contributed by atoms with Crippen molar-refractivity contribution in [2.75, 3.05) is 13.1 Å². The van der Waals surface area contributed by atoms with E-state index in [9.17, 15) is 8.42 Å². The Morgan fingerprint density at radius 1 is 1.50 bits per heavy atom. The van der Waals surface area contributed by atoms with Crippen molar-refractivity contribution in [3.8, 4) is 0 Å². The summed E-state index contributed by atoms with van der Waals surface area (Å²) in [6.07, 6.45) is 3.12. The Morgan fingerprint density at radius 3 is 2.56 bits per heavy atom. The van der Waals surface area contributed by atoms with Crippen LogP contribution in [-0.4, -0.2) is 36.2 Å². The highest BCUT2D eigenvalue weighted by molar-refractivity contribution is 7.91. The Balaban J connectivity index is 2.09. The first kappa shape index (κ1) is 14.2. The van der Waals surface area contributed by atoms with Crippen molar-refractivity contribution in [3.05, 3.63) is 11.2 Å². The van der Waals surface area contributed by atoms with E-state index in [1.807, 2.05) is 13.8 Å². The van der Waals surface area contributed by atoms with Gasteiger partial charge < -0.3 is 0 Å². The minimum Gasteiger partial charge on any atom is -0.249 e. The highest BCUT2D eigenvalue weighted by Gasteiger charge is 2.31. The fourth-order valence-corrected chi connectivity index (χ4v) is 5.15. The molecule has 1 aromatic rings. The molecule has 1 saturated heterocycles. The molecule has 0 aromatic carbocycles. The van der Waals surface area contributed by atoms with Crippen molar-refractivity contribution in [1.29, 1.82) is 0 Å². The van der Waals surface area contributed by atoms with Crippen LogP contribution in [0.2, 0.25) is 0 Å². The van der Waals surface area contributed by atoms with Crippen LogP contribution >= 0.6 is 22.9 Å². The summed E-state index contributed by atoms with van der Waals surface area (Å²) < 4.78 is 26.6. The predicted octanol–water partition coefficient (Wildman–Crippen LogP) is 2.48. The molecule has 1 aromatic heterocycles. The average molecular weight is 309 g/mol. The Kier molecular flexibility index (Phi) is 4.31.